The third-order valence-corrected chi connectivity index (χ3v) is 6.19. The Kier molecular flexibility index (Phi) is 5.46. The largest absolute Gasteiger partial charge is 0.483 e. The molecule has 2 N–H and O–H groups in total. The molecule has 0 aromatic heterocycles. The highest BCUT2D eigenvalue weighted by Crippen LogP contribution is 2.39. The smallest absolute Gasteiger partial charge is 0.257 e. The van der Waals surface area contributed by atoms with E-state index in [0.29, 0.717) is 11.3 Å². The first-order valence-corrected chi connectivity index (χ1v) is 10.1. The molecule has 0 bridgehead atoms. The Morgan fingerprint density at radius 3 is 2.85 bits per heavy atom. The van der Waals surface area contributed by atoms with Crippen molar-refractivity contribution in [3.8, 4) is 5.75 Å². The molecule has 3 aliphatic rings. The van der Waals surface area contributed by atoms with Gasteiger partial charge in [0.1, 0.15) is 5.75 Å². The summed E-state index contributed by atoms with van der Waals surface area (Å²) in [5.41, 5.74) is 1.71. The molecule has 0 atom stereocenters. The molecular formula is C21H31N3O2. The molecule has 1 saturated carbocycles. The van der Waals surface area contributed by atoms with E-state index < -0.39 is 0 Å². The van der Waals surface area contributed by atoms with Crippen molar-refractivity contribution in [2.24, 2.45) is 11.3 Å². The monoisotopic (exact) mass is 357 g/mol. The number of para-hydroxylation sites is 1. The Hall–Kier alpha value is -1.59. The van der Waals surface area contributed by atoms with Gasteiger partial charge in [-0.25, -0.2) is 0 Å². The number of hydrogen-bond donors (Lipinski definition) is 2. The fourth-order valence-electron chi connectivity index (χ4n) is 4.32. The molecule has 1 spiro atoms. The van der Waals surface area contributed by atoms with Gasteiger partial charge in [0.05, 0.1) is 0 Å². The zero-order valence-corrected chi connectivity index (χ0v) is 15.6. The normalized spacial score (nSPS) is 22.5. The molecule has 5 heteroatoms. The molecule has 1 aromatic carbocycles. The van der Waals surface area contributed by atoms with Gasteiger partial charge in [0.2, 0.25) is 0 Å². The molecule has 1 aromatic rings. The molecule has 2 heterocycles. The number of carbonyl (C=O) groups is 1. The number of ether oxygens (including phenoxy) is 1. The zero-order chi connectivity index (χ0) is 17.8. The molecule has 142 valence electrons. The van der Waals surface area contributed by atoms with Gasteiger partial charge in [-0.3, -0.25) is 9.69 Å². The Bertz CT molecular complexity index is 623. The Morgan fingerprint density at radius 2 is 2.04 bits per heavy atom. The van der Waals surface area contributed by atoms with Crippen LogP contribution in [0.2, 0.25) is 0 Å². The van der Waals surface area contributed by atoms with Crippen molar-refractivity contribution in [2.45, 2.75) is 38.6 Å². The first kappa shape index (κ1) is 17.8. The van der Waals surface area contributed by atoms with Gasteiger partial charge in [0.15, 0.2) is 6.61 Å². The van der Waals surface area contributed by atoms with E-state index >= 15 is 0 Å². The number of carbonyl (C=O) groups excluding carboxylic acids is 1. The lowest BCUT2D eigenvalue weighted by Gasteiger charge is -2.34. The second-order valence-corrected chi connectivity index (χ2v) is 8.35. The highest BCUT2D eigenvalue weighted by Gasteiger charge is 2.38. The van der Waals surface area contributed by atoms with E-state index in [1.807, 2.05) is 12.1 Å². The number of benzene rings is 1. The van der Waals surface area contributed by atoms with E-state index in [9.17, 15) is 4.79 Å². The molecular weight excluding hydrogens is 326 g/mol. The molecule has 26 heavy (non-hydrogen) atoms. The number of likely N-dealkylation sites (tertiary alicyclic amines) is 1. The van der Waals surface area contributed by atoms with Gasteiger partial charge in [0, 0.05) is 25.2 Å². The Balaban J connectivity index is 1.30. The minimum atomic E-state index is -0.0125. The van der Waals surface area contributed by atoms with E-state index in [0.717, 1.165) is 38.5 Å². The van der Waals surface area contributed by atoms with Crippen LogP contribution >= 0.6 is 0 Å². The van der Waals surface area contributed by atoms with Crippen molar-refractivity contribution in [3.63, 3.8) is 0 Å². The first-order chi connectivity index (χ1) is 12.7. The number of nitrogens with one attached hydrogen (secondary N) is 2. The van der Waals surface area contributed by atoms with Crippen molar-refractivity contribution >= 4 is 5.91 Å². The summed E-state index contributed by atoms with van der Waals surface area (Å²) < 4.78 is 5.85. The third-order valence-electron chi connectivity index (χ3n) is 6.19. The predicted octanol–water partition coefficient (Wildman–Crippen LogP) is 2.17. The van der Waals surface area contributed by atoms with Crippen LogP contribution in [-0.2, 0) is 11.3 Å². The summed E-state index contributed by atoms with van der Waals surface area (Å²) in [4.78, 5) is 14.5. The van der Waals surface area contributed by atoms with Crippen LogP contribution in [0.3, 0.4) is 0 Å². The van der Waals surface area contributed by atoms with E-state index in [-0.39, 0.29) is 12.5 Å². The standard InChI is InChI=1S/C21H31N3O2/c25-20(23-13-17-5-6-17)15-26-19-4-2-1-3-18(19)14-24-12-9-21(16-24)7-10-22-11-8-21/h1-4,17,22H,5-16H2,(H,23,25). The van der Waals surface area contributed by atoms with E-state index in [4.69, 9.17) is 4.74 Å². The molecule has 0 unspecified atom stereocenters. The third kappa shape index (κ3) is 4.57. The lowest BCUT2D eigenvalue weighted by atomic mass is 9.78. The van der Waals surface area contributed by atoms with Crippen molar-refractivity contribution in [1.82, 2.24) is 15.5 Å². The highest BCUT2D eigenvalue weighted by molar-refractivity contribution is 5.77. The maximum absolute atomic E-state index is 12.0. The molecule has 2 aliphatic heterocycles. The van der Waals surface area contributed by atoms with Gasteiger partial charge in [-0.1, -0.05) is 18.2 Å². The quantitative estimate of drug-likeness (QED) is 0.785. The average molecular weight is 357 g/mol. The maximum Gasteiger partial charge on any atom is 0.257 e. The van der Waals surface area contributed by atoms with Crippen LogP contribution in [0, 0.1) is 11.3 Å². The van der Waals surface area contributed by atoms with E-state index in [1.165, 1.54) is 44.2 Å². The molecule has 1 aliphatic carbocycles. The van der Waals surface area contributed by atoms with Crippen LogP contribution in [0.25, 0.3) is 0 Å². The van der Waals surface area contributed by atoms with Crippen LogP contribution in [0.15, 0.2) is 24.3 Å². The molecule has 1 amide bonds. The lowest BCUT2D eigenvalue weighted by molar-refractivity contribution is -0.123. The summed E-state index contributed by atoms with van der Waals surface area (Å²) in [6.45, 7) is 6.48. The number of nitrogens with zero attached hydrogens (tertiary/aromatic N) is 1. The minimum Gasteiger partial charge on any atom is -0.483 e. The molecule has 2 saturated heterocycles. The van der Waals surface area contributed by atoms with Crippen LogP contribution in [0.5, 0.6) is 5.75 Å². The van der Waals surface area contributed by atoms with Crippen LogP contribution in [0.4, 0.5) is 0 Å². The second kappa shape index (κ2) is 7.97. The number of hydrogen-bond acceptors (Lipinski definition) is 4. The van der Waals surface area contributed by atoms with Gasteiger partial charge in [-0.2, -0.15) is 0 Å². The van der Waals surface area contributed by atoms with Gasteiger partial charge in [0.25, 0.3) is 5.91 Å². The zero-order valence-electron chi connectivity index (χ0n) is 15.6. The minimum absolute atomic E-state index is 0.0125. The van der Waals surface area contributed by atoms with Crippen LogP contribution < -0.4 is 15.4 Å². The van der Waals surface area contributed by atoms with Crippen LogP contribution in [0.1, 0.15) is 37.7 Å². The number of piperidine rings is 1. The molecule has 4 rings (SSSR count). The number of amides is 1. The highest BCUT2D eigenvalue weighted by atomic mass is 16.5. The second-order valence-electron chi connectivity index (χ2n) is 8.35. The van der Waals surface area contributed by atoms with Crippen molar-refractivity contribution in [2.75, 3.05) is 39.3 Å². The summed E-state index contributed by atoms with van der Waals surface area (Å²) in [5.74, 6) is 1.53. The number of rotatable bonds is 7. The fraction of sp³-hybridized carbons (Fsp3) is 0.667. The Labute approximate surface area is 156 Å². The van der Waals surface area contributed by atoms with E-state index in [2.05, 4.69) is 27.7 Å². The van der Waals surface area contributed by atoms with Gasteiger partial charge >= 0.3 is 0 Å². The van der Waals surface area contributed by atoms with Crippen LogP contribution in [-0.4, -0.2) is 50.1 Å². The van der Waals surface area contributed by atoms with Gasteiger partial charge in [-0.05, 0) is 69.1 Å². The van der Waals surface area contributed by atoms with Crippen molar-refractivity contribution in [1.29, 1.82) is 0 Å². The molecule has 5 nitrogen and oxygen atoms in total. The Morgan fingerprint density at radius 1 is 1.23 bits per heavy atom. The van der Waals surface area contributed by atoms with E-state index in [1.54, 1.807) is 0 Å². The molecule has 3 fully saturated rings. The predicted molar refractivity (Wildman–Crippen MR) is 102 cm³/mol. The summed E-state index contributed by atoms with van der Waals surface area (Å²) in [6, 6.07) is 8.16. The lowest BCUT2D eigenvalue weighted by Crippen LogP contribution is -2.38. The van der Waals surface area contributed by atoms with Gasteiger partial charge in [-0.15, -0.1) is 0 Å². The first-order valence-electron chi connectivity index (χ1n) is 10.1. The molecule has 0 radical (unpaired) electrons. The van der Waals surface area contributed by atoms with Crippen molar-refractivity contribution in [3.05, 3.63) is 29.8 Å². The summed E-state index contributed by atoms with van der Waals surface area (Å²) in [6.07, 6.45) is 6.39. The van der Waals surface area contributed by atoms with Gasteiger partial charge < -0.3 is 15.4 Å². The average Bonchev–Trinajstić information content (AvgIpc) is 3.42. The van der Waals surface area contributed by atoms with Crippen molar-refractivity contribution < 1.29 is 9.53 Å². The maximum atomic E-state index is 12.0. The SMILES string of the molecule is O=C(COc1ccccc1CN1CCC2(CCNCC2)C1)NCC1CC1. The summed E-state index contributed by atoms with van der Waals surface area (Å²) in [7, 11) is 0. The summed E-state index contributed by atoms with van der Waals surface area (Å²) in [5, 5.41) is 6.45. The summed E-state index contributed by atoms with van der Waals surface area (Å²) >= 11 is 0. The fourth-order valence-corrected chi connectivity index (χ4v) is 4.32. The topological polar surface area (TPSA) is 53.6 Å².